The number of methoxy groups -OCH3 is 1. The van der Waals surface area contributed by atoms with Gasteiger partial charge in [-0.1, -0.05) is 58.4 Å². The Labute approximate surface area is 198 Å². The number of aromatic amines is 1. The number of fused-ring (bicyclic) bond motifs is 1. The lowest BCUT2D eigenvalue weighted by molar-refractivity contribution is 0.271. The Hall–Kier alpha value is -2.56. The predicted molar refractivity (Wildman–Crippen MR) is 138 cm³/mol. The van der Waals surface area contributed by atoms with Crippen molar-refractivity contribution in [3.05, 3.63) is 83.0 Å². The molecule has 32 heavy (non-hydrogen) atoms. The lowest BCUT2D eigenvalue weighted by atomic mass is 10.0. The molecule has 1 aromatic heterocycles. The molecule has 0 saturated carbocycles. The van der Waals surface area contributed by atoms with Gasteiger partial charge >= 0.3 is 0 Å². The van der Waals surface area contributed by atoms with Crippen molar-refractivity contribution < 1.29 is 4.74 Å². The third-order valence-electron chi connectivity index (χ3n) is 6.88. The van der Waals surface area contributed by atoms with Crippen LogP contribution in [0.4, 0.5) is 5.69 Å². The quantitative estimate of drug-likeness (QED) is 0.285. The first-order chi connectivity index (χ1) is 15.7. The summed E-state index contributed by atoms with van der Waals surface area (Å²) in [5.74, 6) is 0.916. The van der Waals surface area contributed by atoms with Gasteiger partial charge in [-0.3, -0.25) is 4.48 Å². The standard InChI is InChI=1S/C28H30BrN2O/c1-32-28-24-14-8-7-13-23(24)26(29)19-25(28)27-16-15-21(30-27)20-31(17-9-2-3-10-18-31)22-11-5-4-6-12-22/h4-8,11-16,19,30H,2-3,9-10,17-18,20H2,1H3/q+1. The van der Waals surface area contributed by atoms with Crippen LogP contribution < -0.4 is 9.22 Å². The highest BCUT2D eigenvalue weighted by molar-refractivity contribution is 9.10. The summed E-state index contributed by atoms with van der Waals surface area (Å²) in [5.41, 5.74) is 4.89. The Morgan fingerprint density at radius 3 is 2.25 bits per heavy atom. The zero-order chi connectivity index (χ0) is 22.0. The smallest absolute Gasteiger partial charge is 0.136 e. The Morgan fingerprint density at radius 1 is 0.844 bits per heavy atom. The van der Waals surface area contributed by atoms with E-state index in [1.165, 1.54) is 50.2 Å². The highest BCUT2D eigenvalue weighted by Crippen LogP contribution is 2.40. The van der Waals surface area contributed by atoms with Crippen LogP contribution >= 0.6 is 15.9 Å². The molecule has 4 aromatic rings. The first-order valence-corrected chi connectivity index (χ1v) is 12.3. The molecule has 2 heterocycles. The van der Waals surface area contributed by atoms with Gasteiger partial charge in [-0.05, 0) is 61.4 Å². The minimum absolute atomic E-state index is 0.916. The van der Waals surface area contributed by atoms with Crippen molar-refractivity contribution in [2.75, 3.05) is 20.2 Å². The van der Waals surface area contributed by atoms with Crippen LogP contribution in [0.5, 0.6) is 5.75 Å². The normalized spacial score (nSPS) is 16.1. The minimum Gasteiger partial charge on any atom is -0.495 e. The molecule has 1 aliphatic rings. The summed E-state index contributed by atoms with van der Waals surface area (Å²) in [7, 11) is 1.76. The fourth-order valence-corrected chi connectivity index (χ4v) is 5.86. The van der Waals surface area contributed by atoms with E-state index in [-0.39, 0.29) is 0 Å². The van der Waals surface area contributed by atoms with Gasteiger partial charge < -0.3 is 9.72 Å². The van der Waals surface area contributed by atoms with Crippen LogP contribution in [0.1, 0.15) is 31.4 Å². The number of H-pyrrole nitrogens is 1. The largest absolute Gasteiger partial charge is 0.495 e. The molecule has 4 heteroatoms. The number of rotatable bonds is 5. The van der Waals surface area contributed by atoms with Crippen LogP contribution in [-0.4, -0.2) is 25.2 Å². The van der Waals surface area contributed by atoms with Crippen molar-refractivity contribution in [1.82, 2.24) is 9.47 Å². The maximum absolute atomic E-state index is 5.89. The highest BCUT2D eigenvalue weighted by atomic mass is 79.9. The molecule has 0 atom stereocenters. The molecule has 1 aliphatic heterocycles. The van der Waals surface area contributed by atoms with E-state index in [0.29, 0.717) is 0 Å². The molecule has 1 N–H and O–H groups in total. The van der Waals surface area contributed by atoms with Crippen molar-refractivity contribution in [3.8, 4) is 17.0 Å². The lowest BCUT2D eigenvalue weighted by Gasteiger charge is -2.37. The monoisotopic (exact) mass is 489 g/mol. The number of aromatic nitrogens is 1. The first kappa shape index (κ1) is 21.3. The van der Waals surface area contributed by atoms with Gasteiger partial charge in [0.2, 0.25) is 0 Å². The van der Waals surface area contributed by atoms with E-state index in [4.69, 9.17) is 4.74 Å². The van der Waals surface area contributed by atoms with Crippen LogP contribution in [0.3, 0.4) is 0 Å². The molecular weight excluding hydrogens is 460 g/mol. The van der Waals surface area contributed by atoms with E-state index in [2.05, 4.69) is 93.7 Å². The second-order valence-electron chi connectivity index (χ2n) is 8.88. The van der Waals surface area contributed by atoms with Gasteiger partial charge in [0.1, 0.15) is 18.0 Å². The summed E-state index contributed by atoms with van der Waals surface area (Å²) in [6, 6.07) is 26.1. The fraction of sp³-hybridized carbons (Fsp3) is 0.286. The minimum atomic E-state index is 0.916. The lowest BCUT2D eigenvalue weighted by Crippen LogP contribution is -2.49. The van der Waals surface area contributed by atoms with E-state index in [1.54, 1.807) is 7.11 Å². The number of nitrogens with one attached hydrogen (secondary N) is 1. The van der Waals surface area contributed by atoms with Crippen LogP contribution in [0.25, 0.3) is 22.0 Å². The zero-order valence-corrected chi connectivity index (χ0v) is 20.2. The Balaban J connectivity index is 1.53. The number of hydrogen-bond acceptors (Lipinski definition) is 1. The molecule has 1 saturated heterocycles. The third-order valence-corrected chi connectivity index (χ3v) is 7.54. The Kier molecular flexibility index (Phi) is 6.07. The molecule has 0 aliphatic carbocycles. The third kappa shape index (κ3) is 3.98. The summed E-state index contributed by atoms with van der Waals surface area (Å²) in [4.78, 5) is 3.74. The number of likely N-dealkylation sites (tertiary alicyclic amines) is 1. The van der Waals surface area contributed by atoms with Crippen molar-refractivity contribution >= 4 is 32.4 Å². The van der Waals surface area contributed by atoms with Crippen LogP contribution in [0.15, 0.2) is 77.3 Å². The summed E-state index contributed by atoms with van der Waals surface area (Å²) >= 11 is 3.77. The SMILES string of the molecule is COc1c(-c2ccc(C[N+]3(c4ccccc4)CCCCCC3)[nH]2)cc(Br)c2ccccc12. The number of quaternary nitrogens is 1. The maximum atomic E-state index is 5.89. The van der Waals surface area contributed by atoms with Crippen molar-refractivity contribution in [3.63, 3.8) is 0 Å². The molecule has 0 amide bonds. The summed E-state index contributed by atoms with van der Waals surface area (Å²) < 4.78 is 8.00. The molecule has 0 bridgehead atoms. The van der Waals surface area contributed by atoms with Gasteiger partial charge in [0.25, 0.3) is 0 Å². The maximum Gasteiger partial charge on any atom is 0.136 e. The molecule has 3 aromatic carbocycles. The topological polar surface area (TPSA) is 25.0 Å². The highest BCUT2D eigenvalue weighted by Gasteiger charge is 2.32. The summed E-state index contributed by atoms with van der Waals surface area (Å²) in [5, 5.41) is 2.29. The molecule has 0 radical (unpaired) electrons. The number of hydrogen-bond donors (Lipinski definition) is 1. The van der Waals surface area contributed by atoms with Gasteiger partial charge in [-0.2, -0.15) is 0 Å². The van der Waals surface area contributed by atoms with Gasteiger partial charge in [-0.25, -0.2) is 0 Å². The van der Waals surface area contributed by atoms with Crippen LogP contribution in [0, 0.1) is 0 Å². The molecule has 0 spiro atoms. The molecule has 0 unspecified atom stereocenters. The summed E-state index contributed by atoms with van der Waals surface area (Å²) in [6.45, 7) is 3.38. The number of nitrogens with zero attached hydrogens (tertiary/aromatic N) is 1. The molecule has 164 valence electrons. The zero-order valence-electron chi connectivity index (χ0n) is 18.6. The van der Waals surface area contributed by atoms with E-state index in [9.17, 15) is 0 Å². The predicted octanol–water partition coefficient (Wildman–Crippen LogP) is 7.69. The van der Waals surface area contributed by atoms with Gasteiger partial charge in [-0.15, -0.1) is 0 Å². The first-order valence-electron chi connectivity index (χ1n) is 11.6. The average molecular weight is 490 g/mol. The van der Waals surface area contributed by atoms with E-state index >= 15 is 0 Å². The summed E-state index contributed by atoms with van der Waals surface area (Å²) in [6.07, 6.45) is 5.25. The number of ether oxygens (including phenoxy) is 1. The molecular formula is C28H30BrN2O+. The molecule has 5 rings (SSSR count). The van der Waals surface area contributed by atoms with Gasteiger partial charge in [0.05, 0.1) is 25.9 Å². The molecule has 3 nitrogen and oxygen atoms in total. The van der Waals surface area contributed by atoms with E-state index in [0.717, 1.165) is 43.3 Å². The van der Waals surface area contributed by atoms with Crippen molar-refractivity contribution in [2.24, 2.45) is 0 Å². The number of benzene rings is 3. The van der Waals surface area contributed by atoms with Crippen molar-refractivity contribution in [2.45, 2.75) is 32.2 Å². The van der Waals surface area contributed by atoms with Gasteiger partial charge in [0, 0.05) is 21.1 Å². The Morgan fingerprint density at radius 2 is 1.53 bits per heavy atom. The average Bonchev–Trinajstić information content (AvgIpc) is 3.16. The second kappa shape index (κ2) is 9.13. The Bertz CT molecular complexity index is 1210. The molecule has 1 fully saturated rings. The van der Waals surface area contributed by atoms with E-state index < -0.39 is 0 Å². The second-order valence-corrected chi connectivity index (χ2v) is 9.74. The fourth-order valence-electron chi connectivity index (χ4n) is 5.29. The van der Waals surface area contributed by atoms with Crippen LogP contribution in [-0.2, 0) is 6.54 Å². The van der Waals surface area contributed by atoms with Gasteiger partial charge in [0.15, 0.2) is 0 Å². The van der Waals surface area contributed by atoms with Crippen LogP contribution in [0.2, 0.25) is 0 Å². The van der Waals surface area contributed by atoms with E-state index in [1.807, 2.05) is 0 Å². The van der Waals surface area contributed by atoms with Crippen molar-refractivity contribution in [1.29, 1.82) is 0 Å². The number of para-hydroxylation sites is 1. The number of halogens is 1.